The zero-order chi connectivity index (χ0) is 7.84. The zero-order valence-electron chi connectivity index (χ0n) is 5.96. The Morgan fingerprint density at radius 1 is 1.55 bits per heavy atom. The van der Waals surface area contributed by atoms with Gasteiger partial charge in [0.05, 0.1) is 0 Å². The van der Waals surface area contributed by atoms with Crippen molar-refractivity contribution >= 4 is 5.78 Å². The first-order valence-electron chi connectivity index (χ1n) is 3.26. The number of Topliss-reactive ketones (excluding diaryl/α,β-unsaturated/α-hetero) is 1. The number of hydrogen-bond donors (Lipinski definition) is 0. The second-order valence-corrected chi connectivity index (χ2v) is 2.34. The molecular weight excluding hydrogens is 140 g/mol. The minimum Gasteiger partial charge on any atom is -0.294 e. The van der Waals surface area contributed by atoms with Crippen LogP contribution in [-0.4, -0.2) is 5.78 Å². The molecule has 1 aromatic rings. The van der Waals surface area contributed by atoms with Crippen molar-refractivity contribution in [2.24, 2.45) is 10.2 Å². The summed E-state index contributed by atoms with van der Waals surface area (Å²) in [5.74, 6) is 0.0221. The van der Waals surface area contributed by atoms with Gasteiger partial charge in [0.25, 0.3) is 0 Å². The molecule has 0 aliphatic carbocycles. The molecule has 0 saturated carbocycles. The molecule has 1 aromatic carbocycles. The lowest BCUT2D eigenvalue weighted by Crippen LogP contribution is -2.36. The second kappa shape index (κ2) is 1.99. The van der Waals surface area contributed by atoms with Gasteiger partial charge in [-0.1, -0.05) is 6.07 Å². The van der Waals surface area contributed by atoms with E-state index < -0.39 is 0 Å². The lowest BCUT2D eigenvalue weighted by molar-refractivity contribution is 0.101. The maximum absolute atomic E-state index is 10.9. The molecule has 1 radical (unpaired) electrons. The molecule has 0 atom stereocenters. The molecule has 0 bridgehead atoms. The number of rotatable bonds is 1. The van der Waals surface area contributed by atoms with E-state index in [4.69, 9.17) is 0 Å². The summed E-state index contributed by atoms with van der Waals surface area (Å²) in [5, 5.41) is 8.79. The monoisotopic (exact) mass is 145 g/mol. The summed E-state index contributed by atoms with van der Waals surface area (Å²) in [7, 11) is 0. The molecule has 0 fully saturated rings. The SMILES string of the molecule is CC(=O)c1cc[c]c2c1=NN=2. The molecule has 0 N–H and O–H groups in total. The smallest absolute Gasteiger partial charge is 0.162 e. The summed E-state index contributed by atoms with van der Waals surface area (Å²) < 4.78 is 0. The number of carbonyl (C=O) groups excluding carboxylic acids is 1. The van der Waals surface area contributed by atoms with Crippen LogP contribution in [0.15, 0.2) is 22.3 Å². The molecule has 3 nitrogen and oxygen atoms in total. The molecule has 1 heterocycles. The molecule has 0 unspecified atom stereocenters. The number of nitrogens with zero attached hydrogens (tertiary/aromatic N) is 2. The Morgan fingerprint density at radius 2 is 2.36 bits per heavy atom. The molecule has 2 rings (SSSR count). The lowest BCUT2D eigenvalue weighted by Gasteiger charge is -1.99. The summed E-state index contributed by atoms with van der Waals surface area (Å²) in [4.78, 5) is 10.9. The number of ketones is 1. The van der Waals surface area contributed by atoms with Crippen molar-refractivity contribution in [3.05, 3.63) is 34.5 Å². The Kier molecular flexibility index (Phi) is 1.12. The Labute approximate surface area is 63.1 Å². The summed E-state index contributed by atoms with van der Waals surface area (Å²) in [5.41, 5.74) is 0.633. The highest BCUT2D eigenvalue weighted by Gasteiger charge is 2.07. The fourth-order valence-corrected chi connectivity index (χ4v) is 0.996. The highest BCUT2D eigenvalue weighted by molar-refractivity contribution is 5.93. The van der Waals surface area contributed by atoms with E-state index in [2.05, 4.69) is 16.3 Å². The predicted octanol–water partition coefficient (Wildman–Crippen LogP) is -0.143. The third-order valence-corrected chi connectivity index (χ3v) is 1.58. The van der Waals surface area contributed by atoms with Gasteiger partial charge in [-0.25, -0.2) is 0 Å². The first-order valence-corrected chi connectivity index (χ1v) is 3.26. The largest absolute Gasteiger partial charge is 0.294 e. The van der Waals surface area contributed by atoms with Crippen LogP contribution in [-0.2, 0) is 0 Å². The average Bonchev–Trinajstić information content (AvgIpc) is 1.90. The maximum Gasteiger partial charge on any atom is 0.162 e. The third-order valence-electron chi connectivity index (χ3n) is 1.58. The van der Waals surface area contributed by atoms with Crippen LogP contribution in [0.3, 0.4) is 0 Å². The van der Waals surface area contributed by atoms with Crippen LogP contribution in [0.25, 0.3) is 0 Å². The van der Waals surface area contributed by atoms with Gasteiger partial charge in [0, 0.05) is 11.6 Å². The molecular formula is C8H5N2O. The van der Waals surface area contributed by atoms with Gasteiger partial charge in [0.15, 0.2) is 5.78 Å². The van der Waals surface area contributed by atoms with Gasteiger partial charge in [-0.05, 0) is 13.0 Å². The lowest BCUT2D eigenvalue weighted by atomic mass is 10.1. The highest BCUT2D eigenvalue weighted by atomic mass is 16.1. The summed E-state index contributed by atoms with van der Waals surface area (Å²) in [6.45, 7) is 1.52. The standard InChI is InChI=1S/C8H5N2O/c1-5(11)6-3-2-4-7-8(6)10-9-7/h2-3H,1H3. The quantitative estimate of drug-likeness (QED) is 0.507. The second-order valence-electron chi connectivity index (χ2n) is 2.34. The van der Waals surface area contributed by atoms with Crippen molar-refractivity contribution in [3.63, 3.8) is 0 Å². The van der Waals surface area contributed by atoms with Gasteiger partial charge in [-0.15, -0.1) is 10.2 Å². The van der Waals surface area contributed by atoms with Gasteiger partial charge < -0.3 is 0 Å². The Hall–Kier alpha value is -1.51. The first kappa shape index (κ1) is 6.22. The number of carbonyl (C=O) groups is 1. The van der Waals surface area contributed by atoms with Crippen molar-refractivity contribution in [1.82, 2.24) is 0 Å². The van der Waals surface area contributed by atoms with E-state index in [0.717, 1.165) is 0 Å². The van der Waals surface area contributed by atoms with E-state index in [1.165, 1.54) is 6.92 Å². The zero-order valence-corrected chi connectivity index (χ0v) is 5.96. The van der Waals surface area contributed by atoms with Gasteiger partial charge in [0.1, 0.15) is 10.7 Å². The molecule has 0 saturated heterocycles. The van der Waals surface area contributed by atoms with Gasteiger partial charge >= 0.3 is 0 Å². The van der Waals surface area contributed by atoms with Crippen molar-refractivity contribution in [1.29, 1.82) is 0 Å². The van der Waals surface area contributed by atoms with Crippen molar-refractivity contribution < 1.29 is 4.79 Å². The van der Waals surface area contributed by atoms with Gasteiger partial charge in [-0.2, -0.15) is 0 Å². The fraction of sp³-hybridized carbons (Fsp3) is 0.125. The predicted molar refractivity (Wildman–Crippen MR) is 37.6 cm³/mol. The van der Waals surface area contributed by atoms with Crippen LogP contribution >= 0.6 is 0 Å². The van der Waals surface area contributed by atoms with Crippen LogP contribution in [0.5, 0.6) is 0 Å². The Morgan fingerprint density at radius 3 is 2.82 bits per heavy atom. The van der Waals surface area contributed by atoms with Crippen LogP contribution in [0, 0.1) is 6.07 Å². The van der Waals surface area contributed by atoms with E-state index in [9.17, 15) is 4.79 Å². The minimum absolute atomic E-state index is 0.0221. The number of benzene rings is 1. The van der Waals surface area contributed by atoms with E-state index in [1.807, 2.05) is 0 Å². The number of hydrogen-bond acceptors (Lipinski definition) is 3. The molecule has 0 aromatic heterocycles. The van der Waals surface area contributed by atoms with Gasteiger partial charge in [-0.3, -0.25) is 4.79 Å². The first-order chi connectivity index (χ1) is 5.29. The normalized spacial score (nSPS) is 12.1. The molecule has 11 heavy (non-hydrogen) atoms. The fourth-order valence-electron chi connectivity index (χ4n) is 0.996. The van der Waals surface area contributed by atoms with Crippen molar-refractivity contribution in [3.8, 4) is 0 Å². The van der Waals surface area contributed by atoms with E-state index in [-0.39, 0.29) is 5.78 Å². The summed E-state index contributed by atoms with van der Waals surface area (Å²) in [6.07, 6.45) is 0. The average molecular weight is 145 g/mol. The molecule has 53 valence electrons. The molecule has 0 spiro atoms. The minimum atomic E-state index is 0.0221. The molecule has 3 heteroatoms. The van der Waals surface area contributed by atoms with Crippen molar-refractivity contribution in [2.75, 3.05) is 0 Å². The van der Waals surface area contributed by atoms with Crippen LogP contribution in [0.4, 0.5) is 0 Å². The van der Waals surface area contributed by atoms with Crippen LogP contribution in [0.1, 0.15) is 17.3 Å². The van der Waals surface area contributed by atoms with Crippen LogP contribution in [0.2, 0.25) is 0 Å². The Bertz CT molecular complexity index is 434. The molecule has 1 aliphatic heterocycles. The molecule has 1 aliphatic rings. The maximum atomic E-state index is 10.9. The van der Waals surface area contributed by atoms with E-state index in [0.29, 0.717) is 16.3 Å². The highest BCUT2D eigenvalue weighted by Crippen LogP contribution is 1.91. The van der Waals surface area contributed by atoms with Crippen LogP contribution < -0.4 is 10.7 Å². The summed E-state index contributed by atoms with van der Waals surface area (Å²) >= 11 is 0. The third kappa shape index (κ3) is 0.774. The Balaban J connectivity index is 2.79. The number of fused-ring (bicyclic) bond motifs is 1. The molecule has 0 amide bonds. The van der Waals surface area contributed by atoms with E-state index in [1.54, 1.807) is 12.1 Å². The summed E-state index contributed by atoms with van der Waals surface area (Å²) in [6, 6.07) is 6.26. The van der Waals surface area contributed by atoms with Gasteiger partial charge in [0.2, 0.25) is 0 Å². The topological polar surface area (TPSA) is 41.8 Å². The van der Waals surface area contributed by atoms with E-state index >= 15 is 0 Å². The van der Waals surface area contributed by atoms with Crippen molar-refractivity contribution in [2.45, 2.75) is 6.92 Å².